The maximum Gasteiger partial charge on any atom is 0.146 e. The first-order valence-corrected chi connectivity index (χ1v) is 8.68. The predicted octanol–water partition coefficient (Wildman–Crippen LogP) is 4.78. The van der Waals surface area contributed by atoms with E-state index in [9.17, 15) is 5.11 Å². The number of likely N-dealkylation sites (tertiary alicyclic amines) is 1. The van der Waals surface area contributed by atoms with Crippen LogP contribution in [-0.4, -0.2) is 28.1 Å². The van der Waals surface area contributed by atoms with Gasteiger partial charge in [0.2, 0.25) is 0 Å². The number of rotatable bonds is 3. The Balaban J connectivity index is 1.86. The van der Waals surface area contributed by atoms with Crippen LogP contribution in [0.3, 0.4) is 0 Å². The van der Waals surface area contributed by atoms with Crippen LogP contribution in [0, 0.1) is 0 Å². The van der Waals surface area contributed by atoms with E-state index >= 15 is 0 Å². The lowest BCUT2D eigenvalue weighted by Crippen LogP contribution is -2.26. The molecule has 0 spiro atoms. The monoisotopic (exact) mass is 338 g/mol. The van der Waals surface area contributed by atoms with Crippen LogP contribution in [0.1, 0.15) is 30.0 Å². The van der Waals surface area contributed by atoms with E-state index in [0.29, 0.717) is 5.52 Å². The Bertz CT molecular complexity index is 857. The topological polar surface area (TPSA) is 36.4 Å². The SMILES string of the molecule is Oc1c([C@H](c2ccc(Cl)cc2)N2CCCC2)ccc2cccnc12. The second-order valence-corrected chi connectivity index (χ2v) is 6.71. The van der Waals surface area contributed by atoms with Crippen molar-refractivity contribution in [2.75, 3.05) is 13.1 Å². The number of aromatic hydroxyl groups is 1. The maximum absolute atomic E-state index is 10.9. The molecule has 2 heterocycles. The highest BCUT2D eigenvalue weighted by atomic mass is 35.5. The van der Waals surface area contributed by atoms with Gasteiger partial charge in [-0.1, -0.05) is 41.9 Å². The zero-order valence-electron chi connectivity index (χ0n) is 13.3. The third-order valence-corrected chi connectivity index (χ3v) is 5.02. The van der Waals surface area contributed by atoms with Gasteiger partial charge >= 0.3 is 0 Å². The van der Waals surface area contributed by atoms with Crippen molar-refractivity contribution in [3.63, 3.8) is 0 Å². The van der Waals surface area contributed by atoms with Crippen LogP contribution >= 0.6 is 11.6 Å². The molecule has 1 N–H and O–H groups in total. The summed E-state index contributed by atoms with van der Waals surface area (Å²) in [5.41, 5.74) is 2.71. The highest BCUT2D eigenvalue weighted by Gasteiger charge is 2.28. The molecule has 122 valence electrons. The molecule has 0 radical (unpaired) electrons. The molecule has 1 aliphatic rings. The first kappa shape index (κ1) is 15.4. The molecule has 1 aromatic heterocycles. The van der Waals surface area contributed by atoms with E-state index < -0.39 is 0 Å². The van der Waals surface area contributed by atoms with Crippen molar-refractivity contribution in [1.29, 1.82) is 0 Å². The molecule has 2 aromatic carbocycles. The average Bonchev–Trinajstić information content (AvgIpc) is 3.13. The van der Waals surface area contributed by atoms with Crippen LogP contribution in [0.5, 0.6) is 5.75 Å². The first-order chi connectivity index (χ1) is 11.7. The zero-order valence-corrected chi connectivity index (χ0v) is 14.1. The van der Waals surface area contributed by atoms with Crippen molar-refractivity contribution >= 4 is 22.5 Å². The van der Waals surface area contributed by atoms with Gasteiger partial charge in [-0.25, -0.2) is 0 Å². The fourth-order valence-electron chi connectivity index (χ4n) is 3.60. The fraction of sp³-hybridized carbons (Fsp3) is 0.250. The standard InChI is InChI=1S/C20H19ClN2O/c21-16-8-5-15(6-9-16)19(23-12-1-2-13-23)17-10-7-14-4-3-11-22-18(14)20(17)24/h3-11,19,24H,1-2,12-13H2/t19-/m0/s1. The van der Waals surface area contributed by atoms with Crippen molar-refractivity contribution in [2.45, 2.75) is 18.9 Å². The lowest BCUT2D eigenvalue weighted by molar-refractivity contribution is 0.275. The summed E-state index contributed by atoms with van der Waals surface area (Å²) >= 11 is 6.06. The quantitative estimate of drug-likeness (QED) is 0.746. The molecule has 3 nitrogen and oxygen atoms in total. The van der Waals surface area contributed by atoms with E-state index in [0.717, 1.165) is 34.6 Å². The van der Waals surface area contributed by atoms with Crippen LogP contribution in [-0.2, 0) is 0 Å². The summed E-state index contributed by atoms with van der Waals surface area (Å²) in [6.45, 7) is 2.07. The molecular formula is C20H19ClN2O. The second kappa shape index (κ2) is 6.42. The number of phenols is 1. The Morgan fingerprint density at radius 2 is 1.75 bits per heavy atom. The summed E-state index contributed by atoms with van der Waals surface area (Å²) in [7, 11) is 0. The van der Waals surface area contributed by atoms with Gasteiger partial charge in [0.05, 0.1) is 6.04 Å². The Morgan fingerprint density at radius 3 is 2.50 bits per heavy atom. The van der Waals surface area contributed by atoms with Crippen molar-refractivity contribution in [3.05, 3.63) is 70.9 Å². The highest BCUT2D eigenvalue weighted by molar-refractivity contribution is 6.30. The van der Waals surface area contributed by atoms with Crippen LogP contribution < -0.4 is 0 Å². The van der Waals surface area contributed by atoms with Crippen LogP contribution in [0.4, 0.5) is 0 Å². The summed E-state index contributed by atoms with van der Waals surface area (Å²) in [6, 6.07) is 15.9. The Morgan fingerprint density at radius 1 is 1.00 bits per heavy atom. The Labute approximate surface area is 146 Å². The van der Waals surface area contributed by atoms with Crippen LogP contribution in [0.25, 0.3) is 10.9 Å². The average molecular weight is 339 g/mol. The zero-order chi connectivity index (χ0) is 16.5. The molecule has 0 bridgehead atoms. The Hall–Kier alpha value is -2.10. The number of pyridine rings is 1. The summed E-state index contributed by atoms with van der Waals surface area (Å²) < 4.78 is 0. The third kappa shape index (κ3) is 2.74. The minimum atomic E-state index is 0.0242. The lowest BCUT2D eigenvalue weighted by atomic mass is 9.95. The summed E-state index contributed by atoms with van der Waals surface area (Å²) in [4.78, 5) is 6.79. The van der Waals surface area contributed by atoms with Crippen molar-refractivity contribution in [1.82, 2.24) is 9.88 Å². The molecule has 0 aliphatic carbocycles. The molecule has 4 heteroatoms. The van der Waals surface area contributed by atoms with Gasteiger partial charge in [-0.15, -0.1) is 0 Å². The van der Waals surface area contributed by atoms with Gasteiger partial charge in [-0.2, -0.15) is 0 Å². The van der Waals surface area contributed by atoms with Crippen molar-refractivity contribution in [3.8, 4) is 5.75 Å². The van der Waals surface area contributed by atoms with E-state index in [2.05, 4.69) is 9.88 Å². The Kier molecular flexibility index (Phi) is 4.13. The van der Waals surface area contributed by atoms with Gasteiger partial charge < -0.3 is 5.11 Å². The van der Waals surface area contributed by atoms with Gasteiger partial charge in [0, 0.05) is 22.2 Å². The summed E-state index contributed by atoms with van der Waals surface area (Å²) in [5, 5.41) is 12.6. The number of benzene rings is 2. The highest BCUT2D eigenvalue weighted by Crippen LogP contribution is 2.39. The van der Waals surface area contributed by atoms with E-state index in [1.165, 1.54) is 12.8 Å². The second-order valence-electron chi connectivity index (χ2n) is 6.28. The normalized spacial score (nSPS) is 16.5. The van der Waals surface area contributed by atoms with Crippen molar-refractivity contribution in [2.24, 2.45) is 0 Å². The third-order valence-electron chi connectivity index (χ3n) is 4.77. The fourth-order valence-corrected chi connectivity index (χ4v) is 3.72. The molecule has 0 unspecified atom stereocenters. The number of hydrogen-bond donors (Lipinski definition) is 1. The molecule has 0 saturated carbocycles. The number of hydrogen-bond acceptors (Lipinski definition) is 3. The van der Waals surface area contributed by atoms with Crippen molar-refractivity contribution < 1.29 is 5.11 Å². The molecule has 4 rings (SSSR count). The lowest BCUT2D eigenvalue weighted by Gasteiger charge is -2.29. The van der Waals surface area contributed by atoms with E-state index in [1.807, 2.05) is 48.5 Å². The van der Waals surface area contributed by atoms with Gasteiger partial charge in [-0.3, -0.25) is 9.88 Å². The number of halogens is 1. The minimum absolute atomic E-state index is 0.0242. The summed E-state index contributed by atoms with van der Waals surface area (Å²) in [6.07, 6.45) is 4.10. The smallest absolute Gasteiger partial charge is 0.146 e. The molecule has 1 fully saturated rings. The predicted molar refractivity (Wildman–Crippen MR) is 97.5 cm³/mol. The number of phenolic OH excluding ortho intramolecular Hbond substituents is 1. The summed E-state index contributed by atoms with van der Waals surface area (Å²) in [5.74, 6) is 0.278. The first-order valence-electron chi connectivity index (χ1n) is 8.30. The minimum Gasteiger partial charge on any atom is -0.505 e. The van der Waals surface area contributed by atoms with Gasteiger partial charge in [-0.05, 0) is 49.7 Å². The van der Waals surface area contributed by atoms with E-state index in [-0.39, 0.29) is 11.8 Å². The molecular weight excluding hydrogens is 320 g/mol. The molecule has 3 aromatic rings. The van der Waals surface area contributed by atoms with E-state index in [4.69, 9.17) is 11.6 Å². The number of aromatic nitrogens is 1. The maximum atomic E-state index is 10.9. The van der Waals surface area contributed by atoms with Gasteiger partial charge in [0.15, 0.2) is 0 Å². The van der Waals surface area contributed by atoms with Crippen LogP contribution in [0.15, 0.2) is 54.7 Å². The van der Waals surface area contributed by atoms with E-state index in [1.54, 1.807) is 6.20 Å². The van der Waals surface area contributed by atoms with Crippen LogP contribution in [0.2, 0.25) is 5.02 Å². The molecule has 1 atom stereocenters. The molecule has 1 saturated heterocycles. The largest absolute Gasteiger partial charge is 0.505 e. The van der Waals surface area contributed by atoms with Gasteiger partial charge in [0.1, 0.15) is 11.3 Å². The molecule has 24 heavy (non-hydrogen) atoms. The number of fused-ring (bicyclic) bond motifs is 1. The molecule has 0 amide bonds. The van der Waals surface area contributed by atoms with Gasteiger partial charge in [0.25, 0.3) is 0 Å². The number of nitrogens with zero attached hydrogens (tertiary/aromatic N) is 2. The molecule has 1 aliphatic heterocycles.